The minimum absolute atomic E-state index is 0.217. The zero-order chi connectivity index (χ0) is 12.2. The van der Waals surface area contributed by atoms with Crippen LogP contribution in [-0.4, -0.2) is 11.0 Å². The molecule has 0 radical (unpaired) electrons. The Morgan fingerprint density at radius 3 is 2.50 bits per heavy atom. The average molecular weight is 232 g/mol. The molecule has 1 aromatic heterocycles. The Hall–Kier alpha value is -1.26. The van der Waals surface area contributed by atoms with E-state index in [0.29, 0.717) is 5.82 Å². The van der Waals surface area contributed by atoms with Crippen LogP contribution in [0.25, 0.3) is 0 Å². The highest BCUT2D eigenvalue weighted by molar-refractivity contribution is 5.36. The molecule has 16 heavy (non-hydrogen) atoms. The molecule has 0 aliphatic carbocycles. The summed E-state index contributed by atoms with van der Waals surface area (Å²) < 4.78 is 36.7. The van der Waals surface area contributed by atoms with Gasteiger partial charge in [0.25, 0.3) is 0 Å². The Labute approximate surface area is 92.9 Å². The van der Waals surface area contributed by atoms with E-state index in [1.54, 1.807) is 0 Å². The maximum absolute atomic E-state index is 12.2. The molecule has 0 aliphatic heterocycles. The lowest BCUT2D eigenvalue weighted by atomic mass is 10.2. The minimum atomic E-state index is -4.32. The molecule has 1 aromatic rings. The summed E-state index contributed by atoms with van der Waals surface area (Å²) >= 11 is 0. The second kappa shape index (κ2) is 5.18. The maximum Gasteiger partial charge on any atom is 0.417 e. The monoisotopic (exact) mass is 232 g/mol. The van der Waals surface area contributed by atoms with Gasteiger partial charge in [-0.1, -0.05) is 13.3 Å². The molecule has 0 fully saturated rings. The molecule has 1 atom stereocenters. The fourth-order valence-electron chi connectivity index (χ4n) is 1.40. The molecule has 0 saturated carbocycles. The second-order valence-corrected chi connectivity index (χ2v) is 3.76. The minimum Gasteiger partial charge on any atom is -0.368 e. The first kappa shape index (κ1) is 12.8. The summed E-state index contributed by atoms with van der Waals surface area (Å²) in [5, 5.41) is 3.04. The third-order valence-corrected chi connectivity index (χ3v) is 2.21. The van der Waals surface area contributed by atoms with Gasteiger partial charge in [0, 0.05) is 12.2 Å². The summed E-state index contributed by atoms with van der Waals surface area (Å²) in [6, 6.07) is 2.61. The van der Waals surface area contributed by atoms with Crippen molar-refractivity contribution >= 4 is 5.82 Å². The van der Waals surface area contributed by atoms with Gasteiger partial charge in [0.15, 0.2) is 0 Å². The van der Waals surface area contributed by atoms with Gasteiger partial charge in [-0.2, -0.15) is 13.2 Å². The van der Waals surface area contributed by atoms with Crippen LogP contribution in [0.15, 0.2) is 18.3 Å². The van der Waals surface area contributed by atoms with Crippen molar-refractivity contribution in [2.75, 3.05) is 5.32 Å². The Morgan fingerprint density at radius 1 is 1.38 bits per heavy atom. The van der Waals surface area contributed by atoms with Gasteiger partial charge in [0.2, 0.25) is 0 Å². The average Bonchev–Trinajstić information content (AvgIpc) is 2.17. The Kier molecular flexibility index (Phi) is 4.15. The number of hydrogen-bond acceptors (Lipinski definition) is 2. The maximum atomic E-state index is 12.2. The molecule has 2 nitrogen and oxygen atoms in total. The lowest BCUT2D eigenvalue weighted by Crippen LogP contribution is -2.15. The first-order chi connectivity index (χ1) is 7.43. The first-order valence-corrected chi connectivity index (χ1v) is 5.23. The van der Waals surface area contributed by atoms with Crippen LogP contribution in [0.3, 0.4) is 0 Å². The van der Waals surface area contributed by atoms with Crippen LogP contribution < -0.4 is 5.32 Å². The summed E-state index contributed by atoms with van der Waals surface area (Å²) in [5.74, 6) is 0.481. The van der Waals surface area contributed by atoms with E-state index in [1.165, 1.54) is 6.07 Å². The predicted octanol–water partition coefficient (Wildman–Crippen LogP) is 3.70. The summed E-state index contributed by atoms with van der Waals surface area (Å²) in [6.45, 7) is 4.03. The van der Waals surface area contributed by atoms with Crippen molar-refractivity contribution in [3.8, 4) is 0 Å². The second-order valence-electron chi connectivity index (χ2n) is 3.76. The molecule has 0 spiro atoms. The molecule has 0 bridgehead atoms. The lowest BCUT2D eigenvalue weighted by molar-refractivity contribution is -0.137. The van der Waals surface area contributed by atoms with Crippen molar-refractivity contribution in [1.82, 2.24) is 4.98 Å². The summed E-state index contributed by atoms with van der Waals surface area (Å²) in [5.41, 5.74) is -0.721. The standard InChI is InChI=1S/C11H15F3N2/c1-3-4-8(2)16-10-6-5-9(7-15-10)11(12,13)14/h5-8H,3-4H2,1-2H3,(H,15,16). The van der Waals surface area contributed by atoms with E-state index in [0.717, 1.165) is 25.1 Å². The molecular weight excluding hydrogens is 217 g/mol. The van der Waals surface area contributed by atoms with E-state index >= 15 is 0 Å². The number of anilines is 1. The summed E-state index contributed by atoms with van der Waals surface area (Å²) in [6.07, 6.45) is -1.49. The molecule has 5 heteroatoms. The van der Waals surface area contributed by atoms with Crippen LogP contribution in [0.2, 0.25) is 0 Å². The third-order valence-electron chi connectivity index (χ3n) is 2.21. The molecule has 1 rings (SSSR count). The number of rotatable bonds is 4. The topological polar surface area (TPSA) is 24.9 Å². The van der Waals surface area contributed by atoms with Crippen molar-refractivity contribution in [3.63, 3.8) is 0 Å². The summed E-state index contributed by atoms with van der Waals surface area (Å²) in [4.78, 5) is 3.74. The fourth-order valence-corrected chi connectivity index (χ4v) is 1.40. The Morgan fingerprint density at radius 2 is 2.06 bits per heavy atom. The van der Waals surface area contributed by atoms with Crippen LogP contribution in [-0.2, 0) is 6.18 Å². The number of pyridine rings is 1. The number of nitrogens with one attached hydrogen (secondary N) is 1. The van der Waals surface area contributed by atoms with Gasteiger partial charge in [-0.3, -0.25) is 0 Å². The molecule has 0 saturated heterocycles. The molecule has 1 heterocycles. The molecule has 1 N–H and O–H groups in total. The van der Waals surface area contributed by atoms with Gasteiger partial charge in [-0.15, -0.1) is 0 Å². The van der Waals surface area contributed by atoms with Crippen molar-refractivity contribution in [2.45, 2.75) is 38.9 Å². The molecule has 90 valence electrons. The van der Waals surface area contributed by atoms with Crippen molar-refractivity contribution in [2.24, 2.45) is 0 Å². The number of halogens is 3. The van der Waals surface area contributed by atoms with Gasteiger partial charge in [-0.05, 0) is 25.5 Å². The van der Waals surface area contributed by atoms with Gasteiger partial charge < -0.3 is 5.32 Å². The number of aromatic nitrogens is 1. The van der Waals surface area contributed by atoms with Gasteiger partial charge in [0.1, 0.15) is 5.82 Å². The summed E-state index contributed by atoms with van der Waals surface area (Å²) in [7, 11) is 0. The molecule has 0 aliphatic rings. The number of alkyl halides is 3. The van der Waals surface area contributed by atoms with Gasteiger partial charge >= 0.3 is 6.18 Å². The van der Waals surface area contributed by atoms with Gasteiger partial charge in [-0.25, -0.2) is 4.98 Å². The van der Waals surface area contributed by atoms with Crippen molar-refractivity contribution in [3.05, 3.63) is 23.9 Å². The van der Waals surface area contributed by atoms with E-state index in [2.05, 4.69) is 17.2 Å². The smallest absolute Gasteiger partial charge is 0.368 e. The van der Waals surface area contributed by atoms with Crippen LogP contribution >= 0.6 is 0 Å². The highest BCUT2D eigenvalue weighted by Gasteiger charge is 2.30. The molecule has 1 unspecified atom stereocenters. The Balaban J connectivity index is 2.65. The highest BCUT2D eigenvalue weighted by atomic mass is 19.4. The zero-order valence-electron chi connectivity index (χ0n) is 9.30. The SMILES string of the molecule is CCCC(C)Nc1ccc(C(F)(F)F)cn1. The zero-order valence-corrected chi connectivity index (χ0v) is 9.30. The largest absolute Gasteiger partial charge is 0.417 e. The van der Waals surface area contributed by atoms with Crippen LogP contribution in [0.1, 0.15) is 32.3 Å². The van der Waals surface area contributed by atoms with E-state index in [4.69, 9.17) is 0 Å². The fraction of sp³-hybridized carbons (Fsp3) is 0.545. The van der Waals surface area contributed by atoms with Crippen LogP contribution in [0.4, 0.5) is 19.0 Å². The van der Waals surface area contributed by atoms with Gasteiger partial charge in [0.05, 0.1) is 5.56 Å². The molecular formula is C11H15F3N2. The lowest BCUT2D eigenvalue weighted by Gasteiger charge is -2.13. The van der Waals surface area contributed by atoms with Crippen molar-refractivity contribution < 1.29 is 13.2 Å². The third kappa shape index (κ3) is 3.72. The van der Waals surface area contributed by atoms with E-state index in [1.807, 2.05) is 6.92 Å². The number of hydrogen-bond donors (Lipinski definition) is 1. The van der Waals surface area contributed by atoms with E-state index in [-0.39, 0.29) is 6.04 Å². The first-order valence-electron chi connectivity index (χ1n) is 5.23. The van der Waals surface area contributed by atoms with E-state index in [9.17, 15) is 13.2 Å². The molecule has 0 aromatic carbocycles. The normalized spacial score (nSPS) is 13.6. The van der Waals surface area contributed by atoms with Crippen LogP contribution in [0, 0.1) is 0 Å². The van der Waals surface area contributed by atoms with Crippen molar-refractivity contribution in [1.29, 1.82) is 0 Å². The quantitative estimate of drug-likeness (QED) is 0.856. The van der Waals surface area contributed by atoms with E-state index < -0.39 is 11.7 Å². The number of nitrogens with zero attached hydrogens (tertiary/aromatic N) is 1. The predicted molar refractivity (Wildman–Crippen MR) is 57.2 cm³/mol. The molecule has 0 amide bonds. The Bertz CT molecular complexity index is 319. The van der Waals surface area contributed by atoms with Crippen LogP contribution in [0.5, 0.6) is 0 Å². The highest BCUT2D eigenvalue weighted by Crippen LogP contribution is 2.28.